The van der Waals surface area contributed by atoms with Crippen molar-refractivity contribution in [1.82, 2.24) is 0 Å². The minimum atomic E-state index is -0.359. The van der Waals surface area contributed by atoms with Crippen molar-refractivity contribution in [1.29, 1.82) is 0 Å². The molecule has 1 aromatic carbocycles. The Morgan fingerprint density at radius 2 is 0.760 bits per heavy atom. The van der Waals surface area contributed by atoms with Gasteiger partial charge in [-0.15, -0.1) is 0 Å². The summed E-state index contributed by atoms with van der Waals surface area (Å²) in [6.45, 7) is 15.8. The van der Waals surface area contributed by atoms with Crippen molar-refractivity contribution in [2.75, 3.05) is 151 Å². The molecule has 0 radical (unpaired) electrons. The van der Waals surface area contributed by atoms with E-state index in [-0.39, 0.29) is 12.6 Å². The van der Waals surface area contributed by atoms with E-state index in [9.17, 15) is 4.79 Å². The van der Waals surface area contributed by atoms with Crippen molar-refractivity contribution < 1.29 is 56.9 Å². The number of esters is 1. The first-order valence-corrected chi connectivity index (χ1v) is 18.6. The van der Waals surface area contributed by atoms with Gasteiger partial charge in [0.05, 0.1) is 131 Å². The average Bonchev–Trinajstić information content (AvgIpc) is 3.13. The maximum atomic E-state index is 12.1. The van der Waals surface area contributed by atoms with Gasteiger partial charge in [0.15, 0.2) is 0 Å². The van der Waals surface area contributed by atoms with Gasteiger partial charge in [-0.2, -0.15) is 0 Å². The topological polar surface area (TPSA) is 131 Å². The van der Waals surface area contributed by atoms with Gasteiger partial charge in [0.25, 0.3) is 0 Å². The Bertz CT molecular complexity index is 833. The third kappa shape index (κ3) is 32.0. The van der Waals surface area contributed by atoms with Crippen LogP contribution in [-0.2, 0) is 52.1 Å². The summed E-state index contributed by atoms with van der Waals surface area (Å²) in [6.07, 6.45) is 7.13. The molecule has 0 aliphatic rings. The van der Waals surface area contributed by atoms with Crippen molar-refractivity contribution in [3.8, 4) is 0 Å². The van der Waals surface area contributed by atoms with Gasteiger partial charge in [-0.25, -0.2) is 4.79 Å². The smallest absolute Gasteiger partial charge is 0.338 e. The van der Waals surface area contributed by atoms with Gasteiger partial charge >= 0.3 is 5.97 Å². The predicted molar refractivity (Wildman–Crippen MR) is 192 cm³/mol. The number of nitrogens with one attached hydrogen (secondary N) is 1. The van der Waals surface area contributed by atoms with Crippen LogP contribution in [0.1, 0.15) is 62.7 Å². The summed E-state index contributed by atoms with van der Waals surface area (Å²) in [7, 11) is 0. The van der Waals surface area contributed by atoms with E-state index >= 15 is 0 Å². The fourth-order valence-electron chi connectivity index (χ4n) is 4.12. The second-order valence-electron chi connectivity index (χ2n) is 11.2. The van der Waals surface area contributed by atoms with Crippen LogP contribution in [0.3, 0.4) is 0 Å². The summed E-state index contributed by atoms with van der Waals surface area (Å²) in [5, 5.41) is 3.32. The van der Waals surface area contributed by atoms with Crippen LogP contribution in [0.5, 0.6) is 0 Å². The number of carbonyl (C=O) groups is 1. The highest BCUT2D eigenvalue weighted by Gasteiger charge is 2.07. The molecule has 0 aromatic heterocycles. The molecule has 13 heteroatoms. The zero-order valence-corrected chi connectivity index (χ0v) is 31.0. The number of unbranched alkanes of at least 4 members (excludes halogenated alkanes) is 4. The van der Waals surface area contributed by atoms with Gasteiger partial charge in [-0.3, -0.25) is 0 Å². The number of benzene rings is 1. The number of hydrogen-bond acceptors (Lipinski definition) is 13. The largest absolute Gasteiger partial charge is 0.460 e. The van der Waals surface area contributed by atoms with E-state index in [1.54, 1.807) is 12.1 Å². The number of rotatable bonds is 40. The summed E-state index contributed by atoms with van der Waals surface area (Å²) < 4.78 is 60.1. The molecule has 0 saturated carbocycles. The lowest BCUT2D eigenvalue weighted by atomic mass is 10.2. The highest BCUT2D eigenvalue weighted by atomic mass is 16.6. The minimum absolute atomic E-state index is 0.192. The Morgan fingerprint density at radius 3 is 1.12 bits per heavy atom. The van der Waals surface area contributed by atoms with Crippen LogP contribution >= 0.6 is 0 Å². The average molecular weight is 718 g/mol. The molecule has 0 saturated heterocycles. The van der Waals surface area contributed by atoms with Gasteiger partial charge in [0.1, 0.15) is 6.61 Å². The van der Waals surface area contributed by atoms with Crippen molar-refractivity contribution in [2.24, 2.45) is 0 Å². The molecule has 0 fully saturated rings. The minimum Gasteiger partial charge on any atom is -0.460 e. The Morgan fingerprint density at radius 1 is 0.420 bits per heavy atom. The maximum Gasteiger partial charge on any atom is 0.338 e. The van der Waals surface area contributed by atoms with Crippen molar-refractivity contribution in [3.63, 3.8) is 0 Å². The number of hydrogen-bond donors (Lipinski definition) is 1. The molecule has 0 aliphatic heterocycles. The van der Waals surface area contributed by atoms with Crippen LogP contribution in [0.4, 0.5) is 5.69 Å². The highest BCUT2D eigenvalue weighted by Crippen LogP contribution is 2.11. The molecule has 0 bridgehead atoms. The molecule has 0 amide bonds. The molecule has 1 N–H and O–H groups in total. The van der Waals surface area contributed by atoms with Crippen molar-refractivity contribution in [3.05, 3.63) is 29.8 Å². The first-order valence-electron chi connectivity index (χ1n) is 18.6. The normalized spacial score (nSPS) is 11.3. The van der Waals surface area contributed by atoms with E-state index in [1.165, 1.54) is 19.3 Å². The van der Waals surface area contributed by atoms with E-state index < -0.39 is 0 Å². The first kappa shape index (κ1) is 46.1. The van der Waals surface area contributed by atoms with Gasteiger partial charge in [0.2, 0.25) is 0 Å². The molecule has 0 heterocycles. The third-order valence-electron chi connectivity index (χ3n) is 6.93. The van der Waals surface area contributed by atoms with Crippen LogP contribution in [0.15, 0.2) is 24.3 Å². The van der Waals surface area contributed by atoms with Crippen LogP contribution in [-0.4, -0.2) is 151 Å². The molecule has 0 unspecified atom stereocenters. The third-order valence-corrected chi connectivity index (χ3v) is 6.93. The summed E-state index contributed by atoms with van der Waals surface area (Å²) in [5.41, 5.74) is 1.52. The molecule has 1 aromatic rings. The van der Waals surface area contributed by atoms with E-state index in [1.807, 2.05) is 12.1 Å². The van der Waals surface area contributed by atoms with Crippen LogP contribution in [0.25, 0.3) is 0 Å². The second kappa shape index (κ2) is 38.3. The molecular formula is C37H67NO12. The predicted octanol–water partition coefficient (Wildman–Crippen LogP) is 4.80. The van der Waals surface area contributed by atoms with E-state index in [2.05, 4.69) is 19.2 Å². The first-order chi connectivity index (χ1) is 24.8. The molecular weight excluding hydrogens is 650 g/mol. The lowest BCUT2D eigenvalue weighted by Gasteiger charge is -2.09. The monoisotopic (exact) mass is 717 g/mol. The number of carbonyl (C=O) groups excluding carboxylic acids is 1. The zero-order chi connectivity index (χ0) is 35.8. The lowest BCUT2D eigenvalue weighted by molar-refractivity contribution is -0.0271. The molecule has 1 rings (SSSR count). The molecule has 13 nitrogen and oxygen atoms in total. The summed E-state index contributed by atoms with van der Waals surface area (Å²) >= 11 is 0. The Labute approximate surface area is 301 Å². The molecule has 292 valence electrons. The molecule has 0 aliphatic carbocycles. The van der Waals surface area contributed by atoms with Gasteiger partial charge in [-0.05, 0) is 37.1 Å². The van der Waals surface area contributed by atoms with Gasteiger partial charge in [-0.1, -0.05) is 39.5 Å². The fourth-order valence-corrected chi connectivity index (χ4v) is 4.12. The van der Waals surface area contributed by atoms with E-state index in [0.717, 1.165) is 38.1 Å². The maximum absolute atomic E-state index is 12.1. The second-order valence-corrected chi connectivity index (χ2v) is 11.2. The summed E-state index contributed by atoms with van der Waals surface area (Å²) in [4.78, 5) is 12.1. The summed E-state index contributed by atoms with van der Waals surface area (Å²) in [5.74, 6) is -0.359. The molecule has 50 heavy (non-hydrogen) atoms. The van der Waals surface area contributed by atoms with E-state index in [0.29, 0.717) is 131 Å². The Kier molecular flexibility index (Phi) is 35.3. The van der Waals surface area contributed by atoms with Crippen molar-refractivity contribution in [2.45, 2.75) is 52.4 Å². The quantitative estimate of drug-likeness (QED) is 0.0738. The molecule has 0 atom stereocenters. The SMILES string of the molecule is CCCCCCOCCOCCOCCOCCOCCOCCOCCOCCOCCOCCOC(=O)c1ccc(NCCCC)cc1. The Hall–Kier alpha value is -1.91. The lowest BCUT2D eigenvalue weighted by Crippen LogP contribution is -2.15. The van der Waals surface area contributed by atoms with Crippen LogP contribution in [0, 0.1) is 0 Å². The molecule has 0 spiro atoms. The van der Waals surface area contributed by atoms with Gasteiger partial charge < -0.3 is 57.4 Å². The fraction of sp³-hybridized carbons (Fsp3) is 0.811. The van der Waals surface area contributed by atoms with E-state index in [4.69, 9.17) is 52.1 Å². The number of ether oxygens (including phenoxy) is 11. The van der Waals surface area contributed by atoms with Crippen LogP contribution in [0.2, 0.25) is 0 Å². The number of anilines is 1. The Balaban J connectivity index is 1.69. The van der Waals surface area contributed by atoms with Gasteiger partial charge in [0, 0.05) is 18.8 Å². The highest BCUT2D eigenvalue weighted by molar-refractivity contribution is 5.89. The zero-order valence-electron chi connectivity index (χ0n) is 31.0. The van der Waals surface area contributed by atoms with Crippen molar-refractivity contribution >= 4 is 11.7 Å². The summed E-state index contributed by atoms with van der Waals surface area (Å²) in [6, 6.07) is 7.30. The standard InChI is InChI=1S/C37H67NO12/c1-3-5-7-8-14-40-15-16-41-17-18-42-19-20-43-21-22-44-23-24-45-25-26-46-27-28-47-29-30-48-31-32-49-33-34-50-37(39)35-9-11-36(12-10-35)38-13-6-4-2/h9-12,38H,3-8,13-34H2,1-2H3. The van der Waals surface area contributed by atoms with Crippen LogP contribution < -0.4 is 5.32 Å².